The van der Waals surface area contributed by atoms with Gasteiger partial charge in [0.05, 0.1) is 11.1 Å². The molecule has 1 aromatic carbocycles. The predicted octanol–water partition coefficient (Wildman–Crippen LogP) is 0.943. The zero-order valence-corrected chi connectivity index (χ0v) is 9.55. The molecule has 0 heterocycles. The summed E-state index contributed by atoms with van der Waals surface area (Å²) in [5.74, 6) is -2.52. The molecule has 8 heteroatoms. The van der Waals surface area contributed by atoms with E-state index >= 15 is 0 Å². The average Bonchev–Trinajstić information content (AvgIpc) is 2.13. The van der Waals surface area contributed by atoms with E-state index in [2.05, 4.69) is 4.52 Å². The number of aryl methyl sites for hydroxylation is 1. The molecule has 3 N–H and O–H groups in total. The van der Waals surface area contributed by atoms with Gasteiger partial charge in [0.1, 0.15) is 0 Å². The van der Waals surface area contributed by atoms with Crippen LogP contribution in [0.15, 0.2) is 18.2 Å². The van der Waals surface area contributed by atoms with E-state index in [-0.39, 0.29) is 11.1 Å². The van der Waals surface area contributed by atoms with Crippen molar-refractivity contribution in [3.8, 4) is 0 Å². The maximum Gasteiger partial charge on any atom is 0.527 e. The summed E-state index contributed by atoms with van der Waals surface area (Å²) in [7, 11) is -4.94. The van der Waals surface area contributed by atoms with E-state index in [1.165, 1.54) is 12.1 Å². The highest BCUT2D eigenvalue weighted by atomic mass is 31.2. The Balaban J connectivity index is 3.10. The standard InChI is InChI=1S/C9H9O7P/c1-5-2-6(8(10)11)4-7(3-5)9(12)16-17(13,14)15/h2-4H,1H3,(H,10,11)(H2,13,14,15). The first-order valence-corrected chi connectivity index (χ1v) is 5.86. The molecular formula is C9H9O7P. The first kappa shape index (κ1) is 13.4. The molecule has 0 unspecified atom stereocenters. The number of phosphoric ester groups is 1. The topological polar surface area (TPSA) is 121 Å². The lowest BCUT2D eigenvalue weighted by atomic mass is 10.1. The van der Waals surface area contributed by atoms with Gasteiger partial charge in [-0.25, -0.2) is 14.2 Å². The molecule has 0 radical (unpaired) electrons. The molecule has 0 bridgehead atoms. The van der Waals surface area contributed by atoms with Crippen LogP contribution < -0.4 is 0 Å². The number of aromatic carboxylic acids is 1. The number of phosphoric acid groups is 1. The van der Waals surface area contributed by atoms with E-state index < -0.39 is 19.8 Å². The largest absolute Gasteiger partial charge is 0.527 e. The van der Waals surface area contributed by atoms with Crippen LogP contribution in [0.2, 0.25) is 0 Å². The van der Waals surface area contributed by atoms with Crippen molar-refractivity contribution in [1.29, 1.82) is 0 Å². The first-order chi connectivity index (χ1) is 7.69. The predicted molar refractivity (Wildman–Crippen MR) is 55.6 cm³/mol. The van der Waals surface area contributed by atoms with Crippen LogP contribution in [0.25, 0.3) is 0 Å². The van der Waals surface area contributed by atoms with Crippen LogP contribution in [-0.4, -0.2) is 26.8 Å². The molecule has 0 aliphatic heterocycles. The van der Waals surface area contributed by atoms with Crippen molar-refractivity contribution >= 4 is 19.8 Å². The third-order valence-electron chi connectivity index (χ3n) is 1.76. The quantitative estimate of drug-likeness (QED) is 0.691. The molecule has 17 heavy (non-hydrogen) atoms. The number of hydrogen-bond donors (Lipinski definition) is 3. The molecule has 1 aromatic rings. The number of carboxylic acid groups (broad SMARTS) is 1. The van der Waals surface area contributed by atoms with Crippen LogP contribution >= 0.6 is 7.82 Å². The molecule has 92 valence electrons. The van der Waals surface area contributed by atoms with Gasteiger partial charge in [-0.1, -0.05) is 0 Å². The summed E-state index contributed by atoms with van der Waals surface area (Å²) in [6.45, 7) is 1.54. The first-order valence-electron chi connectivity index (χ1n) is 4.33. The Labute approximate surface area is 95.9 Å². The maximum atomic E-state index is 11.3. The lowest BCUT2D eigenvalue weighted by Crippen LogP contribution is -2.06. The fraction of sp³-hybridized carbons (Fsp3) is 0.111. The zero-order valence-electron chi connectivity index (χ0n) is 8.65. The number of rotatable bonds is 3. The van der Waals surface area contributed by atoms with Gasteiger partial charge in [-0.15, -0.1) is 0 Å². The van der Waals surface area contributed by atoms with Crippen LogP contribution in [0, 0.1) is 6.92 Å². The second-order valence-electron chi connectivity index (χ2n) is 3.26. The van der Waals surface area contributed by atoms with Crippen molar-refractivity contribution in [2.45, 2.75) is 6.92 Å². The highest BCUT2D eigenvalue weighted by Gasteiger charge is 2.22. The summed E-state index contributed by atoms with van der Waals surface area (Å²) in [5, 5.41) is 8.74. The van der Waals surface area contributed by atoms with Gasteiger partial charge in [-0.3, -0.25) is 9.79 Å². The fourth-order valence-electron chi connectivity index (χ4n) is 1.19. The lowest BCUT2D eigenvalue weighted by molar-refractivity contribution is 0.0677. The van der Waals surface area contributed by atoms with E-state index in [1.54, 1.807) is 6.92 Å². The molecule has 0 aromatic heterocycles. The molecule has 0 amide bonds. The Kier molecular flexibility index (Phi) is 3.67. The Hall–Kier alpha value is -1.69. The molecule has 0 aliphatic rings. The summed E-state index contributed by atoms with van der Waals surface area (Å²) in [4.78, 5) is 38.9. The van der Waals surface area contributed by atoms with Gasteiger partial charge in [0.2, 0.25) is 0 Å². The number of hydrogen-bond acceptors (Lipinski definition) is 4. The zero-order chi connectivity index (χ0) is 13.2. The monoisotopic (exact) mass is 260 g/mol. The molecule has 1 rings (SSSR count). The molecule has 0 saturated heterocycles. The van der Waals surface area contributed by atoms with Gasteiger partial charge in [0.15, 0.2) is 0 Å². The third kappa shape index (κ3) is 3.99. The van der Waals surface area contributed by atoms with Crippen molar-refractivity contribution in [1.82, 2.24) is 0 Å². The van der Waals surface area contributed by atoms with Crippen LogP contribution in [0.5, 0.6) is 0 Å². The van der Waals surface area contributed by atoms with E-state index in [9.17, 15) is 14.2 Å². The Morgan fingerprint density at radius 1 is 1.18 bits per heavy atom. The Bertz CT molecular complexity index is 516. The molecular weight excluding hydrogens is 251 g/mol. The van der Waals surface area contributed by atoms with Crippen molar-refractivity contribution < 1.29 is 33.6 Å². The van der Waals surface area contributed by atoms with Crippen molar-refractivity contribution in [3.05, 3.63) is 34.9 Å². The van der Waals surface area contributed by atoms with Crippen molar-refractivity contribution in [2.24, 2.45) is 0 Å². The summed E-state index contributed by atoms with van der Waals surface area (Å²) in [6.07, 6.45) is 0. The summed E-state index contributed by atoms with van der Waals surface area (Å²) >= 11 is 0. The van der Waals surface area contributed by atoms with Crippen molar-refractivity contribution in [2.75, 3.05) is 0 Å². The van der Waals surface area contributed by atoms with E-state index in [4.69, 9.17) is 14.9 Å². The summed E-state index contributed by atoms with van der Waals surface area (Å²) < 4.78 is 14.3. The van der Waals surface area contributed by atoms with Crippen LogP contribution in [0.1, 0.15) is 26.3 Å². The Morgan fingerprint density at radius 2 is 1.71 bits per heavy atom. The summed E-state index contributed by atoms with van der Waals surface area (Å²) in [6, 6.07) is 3.56. The van der Waals surface area contributed by atoms with Gasteiger partial charge < -0.3 is 9.63 Å². The van der Waals surface area contributed by atoms with Crippen LogP contribution in [-0.2, 0) is 9.09 Å². The SMILES string of the molecule is Cc1cc(C(=O)O)cc(C(=O)OP(=O)(O)O)c1. The minimum atomic E-state index is -4.94. The molecule has 0 atom stereocenters. The second kappa shape index (κ2) is 4.67. The average molecular weight is 260 g/mol. The second-order valence-corrected chi connectivity index (χ2v) is 4.43. The third-order valence-corrected chi connectivity index (χ3v) is 2.17. The van der Waals surface area contributed by atoms with E-state index in [0.717, 1.165) is 6.07 Å². The smallest absolute Gasteiger partial charge is 0.478 e. The molecule has 0 spiro atoms. The highest BCUT2D eigenvalue weighted by Crippen LogP contribution is 2.37. The number of carboxylic acids is 1. The van der Waals surface area contributed by atoms with E-state index in [0.29, 0.717) is 5.56 Å². The van der Waals surface area contributed by atoms with Gasteiger partial charge in [0.25, 0.3) is 0 Å². The molecule has 0 aliphatic carbocycles. The Morgan fingerprint density at radius 3 is 2.18 bits per heavy atom. The van der Waals surface area contributed by atoms with Crippen LogP contribution in [0.3, 0.4) is 0 Å². The van der Waals surface area contributed by atoms with Gasteiger partial charge in [0, 0.05) is 0 Å². The van der Waals surface area contributed by atoms with E-state index in [1.807, 2.05) is 0 Å². The maximum absolute atomic E-state index is 11.3. The molecule has 7 nitrogen and oxygen atoms in total. The highest BCUT2D eigenvalue weighted by molar-refractivity contribution is 7.46. The number of carbonyl (C=O) groups is 2. The van der Waals surface area contributed by atoms with Gasteiger partial charge in [-0.05, 0) is 30.7 Å². The molecule has 0 fully saturated rings. The van der Waals surface area contributed by atoms with Gasteiger partial charge >= 0.3 is 19.8 Å². The van der Waals surface area contributed by atoms with Crippen LogP contribution in [0.4, 0.5) is 0 Å². The minimum Gasteiger partial charge on any atom is -0.478 e. The minimum absolute atomic E-state index is 0.164. The summed E-state index contributed by atoms with van der Waals surface area (Å²) in [5.41, 5.74) is 0.0657. The van der Waals surface area contributed by atoms with Crippen molar-refractivity contribution in [3.63, 3.8) is 0 Å². The normalized spacial score (nSPS) is 11.0. The lowest BCUT2D eigenvalue weighted by Gasteiger charge is -2.06. The number of benzene rings is 1. The van der Waals surface area contributed by atoms with Gasteiger partial charge in [-0.2, -0.15) is 0 Å². The molecule has 0 saturated carbocycles. The number of carbonyl (C=O) groups excluding carboxylic acids is 1. The fourth-order valence-corrected chi connectivity index (χ4v) is 1.51.